The van der Waals surface area contributed by atoms with Crippen LogP contribution in [0, 0.1) is 0 Å². The number of piperidine rings is 1. The van der Waals surface area contributed by atoms with Gasteiger partial charge in [0.2, 0.25) is 10.0 Å². The number of rotatable bonds is 3. The number of thiophene rings is 1. The molecule has 3 rings (SSSR count). The average molecular weight is 357 g/mol. The third-order valence-corrected chi connectivity index (χ3v) is 7.51. The Morgan fingerprint density at radius 2 is 1.91 bits per heavy atom. The Balaban J connectivity index is 1.66. The molecule has 1 aromatic heterocycles. The van der Waals surface area contributed by atoms with Gasteiger partial charge in [-0.3, -0.25) is 4.79 Å². The molecule has 0 saturated carbocycles. The minimum absolute atomic E-state index is 0.00504. The molecule has 1 saturated heterocycles. The maximum Gasteiger partial charge on any atom is 0.254 e. The van der Waals surface area contributed by atoms with E-state index in [9.17, 15) is 13.2 Å². The van der Waals surface area contributed by atoms with Crippen molar-refractivity contribution in [3.8, 4) is 0 Å². The standard InChI is InChI=1S/C16H24N2O3S2/c1-17(23(2,20)21)12-7-9-18(10-8-12)16(19)14-11-22-15-6-4-3-5-13(14)15/h11-12H,3-10H2,1-2H3. The minimum atomic E-state index is -3.16. The second-order valence-corrected chi connectivity index (χ2v) is 9.57. The first kappa shape index (κ1) is 16.9. The van der Waals surface area contributed by atoms with Crippen LogP contribution in [0.3, 0.4) is 0 Å². The second kappa shape index (κ2) is 6.53. The SMILES string of the molecule is CN(C1CCN(C(=O)c2csc3c2CCCC3)CC1)S(C)(=O)=O. The number of carbonyl (C=O) groups excluding carboxylic acids is 1. The number of hydrogen-bond acceptors (Lipinski definition) is 4. The molecule has 1 fully saturated rings. The molecule has 2 heterocycles. The summed E-state index contributed by atoms with van der Waals surface area (Å²) in [5.74, 6) is 0.129. The van der Waals surface area contributed by atoms with Gasteiger partial charge >= 0.3 is 0 Å². The van der Waals surface area contributed by atoms with Crippen LogP contribution in [0.4, 0.5) is 0 Å². The Bertz CT molecular complexity index is 688. The summed E-state index contributed by atoms with van der Waals surface area (Å²) in [5, 5.41) is 2.02. The van der Waals surface area contributed by atoms with Crippen LogP contribution in [0.15, 0.2) is 5.38 Å². The summed E-state index contributed by atoms with van der Waals surface area (Å²) in [5.41, 5.74) is 2.15. The van der Waals surface area contributed by atoms with Crippen LogP contribution in [0.2, 0.25) is 0 Å². The summed E-state index contributed by atoms with van der Waals surface area (Å²) >= 11 is 1.72. The van der Waals surface area contributed by atoms with Crippen molar-refractivity contribution in [3.63, 3.8) is 0 Å². The van der Waals surface area contributed by atoms with E-state index in [1.807, 2.05) is 10.3 Å². The Labute approximate surface area is 142 Å². The zero-order valence-electron chi connectivity index (χ0n) is 13.7. The highest BCUT2D eigenvalue weighted by molar-refractivity contribution is 7.88. The number of aryl methyl sites for hydroxylation is 1. The Morgan fingerprint density at radius 1 is 1.26 bits per heavy atom. The van der Waals surface area contributed by atoms with E-state index in [0.717, 1.165) is 18.4 Å². The molecule has 128 valence electrons. The van der Waals surface area contributed by atoms with Crippen LogP contribution in [0.25, 0.3) is 0 Å². The van der Waals surface area contributed by atoms with E-state index in [1.165, 1.54) is 33.8 Å². The fraction of sp³-hybridized carbons (Fsp3) is 0.688. The zero-order valence-corrected chi connectivity index (χ0v) is 15.4. The highest BCUT2D eigenvalue weighted by Gasteiger charge is 2.31. The van der Waals surface area contributed by atoms with E-state index < -0.39 is 10.0 Å². The number of nitrogens with zero attached hydrogens (tertiary/aromatic N) is 2. The molecule has 0 N–H and O–H groups in total. The van der Waals surface area contributed by atoms with Gasteiger partial charge in [0.15, 0.2) is 0 Å². The molecule has 7 heteroatoms. The average Bonchev–Trinajstić information content (AvgIpc) is 2.97. The zero-order chi connectivity index (χ0) is 16.6. The van der Waals surface area contributed by atoms with Crippen molar-refractivity contribution in [2.24, 2.45) is 0 Å². The molecule has 0 aromatic carbocycles. The largest absolute Gasteiger partial charge is 0.338 e. The number of amides is 1. The molecule has 1 aliphatic carbocycles. The van der Waals surface area contributed by atoms with Crippen molar-refractivity contribution < 1.29 is 13.2 Å². The van der Waals surface area contributed by atoms with Gasteiger partial charge in [-0.25, -0.2) is 12.7 Å². The smallest absolute Gasteiger partial charge is 0.254 e. The van der Waals surface area contributed by atoms with E-state index in [0.29, 0.717) is 25.9 Å². The molecule has 0 spiro atoms. The van der Waals surface area contributed by atoms with Crippen molar-refractivity contribution in [2.45, 2.75) is 44.6 Å². The Morgan fingerprint density at radius 3 is 2.57 bits per heavy atom. The summed E-state index contributed by atoms with van der Waals surface area (Å²) in [7, 11) is -1.53. The monoisotopic (exact) mass is 356 g/mol. The van der Waals surface area contributed by atoms with Crippen molar-refractivity contribution in [2.75, 3.05) is 26.4 Å². The molecular formula is C16H24N2O3S2. The first-order chi connectivity index (χ1) is 10.9. The molecule has 1 amide bonds. The topological polar surface area (TPSA) is 57.7 Å². The number of fused-ring (bicyclic) bond motifs is 1. The molecule has 0 unspecified atom stereocenters. The highest BCUT2D eigenvalue weighted by atomic mass is 32.2. The normalized spacial score (nSPS) is 19.9. The van der Waals surface area contributed by atoms with Crippen LogP contribution >= 0.6 is 11.3 Å². The van der Waals surface area contributed by atoms with Gasteiger partial charge in [0.05, 0.1) is 11.8 Å². The highest BCUT2D eigenvalue weighted by Crippen LogP contribution is 2.31. The van der Waals surface area contributed by atoms with Crippen molar-refractivity contribution in [1.29, 1.82) is 0 Å². The van der Waals surface area contributed by atoms with Gasteiger partial charge in [-0.05, 0) is 44.1 Å². The van der Waals surface area contributed by atoms with Gasteiger partial charge in [-0.1, -0.05) is 0 Å². The van der Waals surface area contributed by atoms with E-state index in [-0.39, 0.29) is 11.9 Å². The summed E-state index contributed by atoms with van der Waals surface area (Å²) < 4.78 is 24.7. The lowest BCUT2D eigenvalue weighted by Crippen LogP contribution is -2.47. The van der Waals surface area contributed by atoms with Gasteiger partial charge in [-0.2, -0.15) is 0 Å². The minimum Gasteiger partial charge on any atom is -0.338 e. The van der Waals surface area contributed by atoms with Crippen LogP contribution < -0.4 is 0 Å². The van der Waals surface area contributed by atoms with Crippen LogP contribution in [-0.4, -0.2) is 56.0 Å². The second-order valence-electron chi connectivity index (χ2n) is 6.56. The lowest BCUT2D eigenvalue weighted by atomic mass is 9.95. The molecule has 0 bridgehead atoms. The summed E-state index contributed by atoms with van der Waals surface area (Å²) in [6.45, 7) is 1.27. The Kier molecular flexibility index (Phi) is 4.80. The molecular weight excluding hydrogens is 332 g/mol. The van der Waals surface area contributed by atoms with E-state index in [4.69, 9.17) is 0 Å². The summed E-state index contributed by atoms with van der Waals surface area (Å²) in [6.07, 6.45) is 7.18. The molecule has 2 aliphatic rings. The summed E-state index contributed by atoms with van der Waals surface area (Å²) in [4.78, 5) is 16.1. The first-order valence-electron chi connectivity index (χ1n) is 8.19. The van der Waals surface area contributed by atoms with E-state index in [1.54, 1.807) is 18.4 Å². The van der Waals surface area contributed by atoms with Gasteiger partial charge in [0, 0.05) is 36.4 Å². The lowest BCUT2D eigenvalue weighted by molar-refractivity contribution is 0.0685. The molecule has 5 nitrogen and oxygen atoms in total. The van der Waals surface area contributed by atoms with Crippen LogP contribution in [-0.2, 0) is 22.9 Å². The van der Waals surface area contributed by atoms with Crippen molar-refractivity contribution in [3.05, 3.63) is 21.4 Å². The van der Waals surface area contributed by atoms with Crippen molar-refractivity contribution in [1.82, 2.24) is 9.21 Å². The fourth-order valence-corrected chi connectivity index (χ4v) is 5.42. The van der Waals surface area contributed by atoms with Crippen LogP contribution in [0.5, 0.6) is 0 Å². The van der Waals surface area contributed by atoms with Gasteiger partial charge in [-0.15, -0.1) is 11.3 Å². The molecule has 1 aliphatic heterocycles. The number of hydrogen-bond donors (Lipinski definition) is 0. The predicted molar refractivity (Wildman–Crippen MR) is 92.5 cm³/mol. The molecule has 0 atom stereocenters. The summed E-state index contributed by atoms with van der Waals surface area (Å²) in [6, 6.07) is 0.00504. The maximum atomic E-state index is 12.8. The van der Waals surface area contributed by atoms with Crippen LogP contribution in [0.1, 0.15) is 46.5 Å². The van der Waals surface area contributed by atoms with Gasteiger partial charge < -0.3 is 4.90 Å². The van der Waals surface area contributed by atoms with E-state index >= 15 is 0 Å². The number of sulfonamides is 1. The predicted octanol–water partition coefficient (Wildman–Crippen LogP) is 2.12. The third kappa shape index (κ3) is 3.46. The molecule has 0 radical (unpaired) electrons. The quantitative estimate of drug-likeness (QED) is 0.834. The number of carbonyl (C=O) groups is 1. The maximum absolute atomic E-state index is 12.8. The third-order valence-electron chi connectivity index (χ3n) is 5.08. The first-order valence-corrected chi connectivity index (χ1v) is 10.9. The Hall–Kier alpha value is -0.920. The molecule has 1 aromatic rings. The lowest BCUT2D eigenvalue weighted by Gasteiger charge is -2.35. The van der Waals surface area contributed by atoms with Gasteiger partial charge in [0.25, 0.3) is 5.91 Å². The molecule has 23 heavy (non-hydrogen) atoms. The number of likely N-dealkylation sites (tertiary alicyclic amines) is 1. The fourth-order valence-electron chi connectivity index (χ4n) is 3.55. The van der Waals surface area contributed by atoms with Gasteiger partial charge in [0.1, 0.15) is 0 Å². The van der Waals surface area contributed by atoms with E-state index in [2.05, 4.69) is 0 Å². The van der Waals surface area contributed by atoms with Crippen molar-refractivity contribution >= 4 is 27.3 Å².